The molecule has 1 fully saturated rings. The molecule has 172 valence electrons. The second-order valence-electron chi connectivity index (χ2n) is 9.33. The van der Waals surface area contributed by atoms with Crippen molar-refractivity contribution < 1.29 is 23.0 Å². The van der Waals surface area contributed by atoms with Crippen molar-refractivity contribution >= 4 is 11.9 Å². The summed E-state index contributed by atoms with van der Waals surface area (Å²) in [7, 11) is 0. The molecule has 0 saturated carbocycles. The minimum Gasteiger partial charge on any atom is -0.438 e. The SMILES string of the molecule is CC(C)(C)CC(=O)N1CCc2nc(N3CCOCC3)nc(Oc3ccc(F)c(F)c3)c2C1. The lowest BCUT2D eigenvalue weighted by Gasteiger charge is -2.33. The van der Waals surface area contributed by atoms with Gasteiger partial charge in [-0.2, -0.15) is 4.98 Å². The quantitative estimate of drug-likeness (QED) is 0.714. The van der Waals surface area contributed by atoms with Crippen LogP contribution in [0.1, 0.15) is 38.4 Å². The number of rotatable bonds is 4. The van der Waals surface area contributed by atoms with Gasteiger partial charge in [-0.15, -0.1) is 0 Å². The van der Waals surface area contributed by atoms with E-state index in [1.807, 2.05) is 25.7 Å². The Morgan fingerprint density at radius 1 is 1.12 bits per heavy atom. The molecule has 1 saturated heterocycles. The van der Waals surface area contributed by atoms with E-state index in [1.165, 1.54) is 6.07 Å². The number of ether oxygens (including phenoxy) is 2. The Bertz CT molecular complexity index is 1000. The summed E-state index contributed by atoms with van der Waals surface area (Å²) in [6, 6.07) is 3.36. The molecule has 2 aromatic rings. The highest BCUT2D eigenvalue weighted by Crippen LogP contribution is 2.33. The zero-order chi connectivity index (χ0) is 22.9. The number of hydrogen-bond acceptors (Lipinski definition) is 6. The van der Waals surface area contributed by atoms with Gasteiger partial charge < -0.3 is 19.3 Å². The normalized spacial score (nSPS) is 16.7. The number of aromatic nitrogens is 2. The minimum atomic E-state index is -0.999. The number of anilines is 1. The number of carbonyl (C=O) groups is 1. The van der Waals surface area contributed by atoms with Gasteiger partial charge in [0.25, 0.3) is 0 Å². The van der Waals surface area contributed by atoms with E-state index >= 15 is 0 Å². The van der Waals surface area contributed by atoms with Gasteiger partial charge in [-0.05, 0) is 17.5 Å². The summed E-state index contributed by atoms with van der Waals surface area (Å²) >= 11 is 0. The lowest BCUT2D eigenvalue weighted by Crippen LogP contribution is -2.40. The summed E-state index contributed by atoms with van der Waals surface area (Å²) in [5.74, 6) is -0.985. The van der Waals surface area contributed by atoms with E-state index in [4.69, 9.17) is 14.5 Å². The van der Waals surface area contributed by atoms with Crippen molar-refractivity contribution in [3.05, 3.63) is 41.1 Å². The number of hydrogen-bond donors (Lipinski definition) is 0. The first-order chi connectivity index (χ1) is 15.2. The van der Waals surface area contributed by atoms with E-state index in [9.17, 15) is 13.6 Å². The maximum absolute atomic E-state index is 13.8. The van der Waals surface area contributed by atoms with Gasteiger partial charge in [0, 0.05) is 38.5 Å². The van der Waals surface area contributed by atoms with E-state index < -0.39 is 11.6 Å². The number of halogens is 2. The Labute approximate surface area is 186 Å². The fourth-order valence-electron chi connectivity index (χ4n) is 3.79. The van der Waals surface area contributed by atoms with Crippen LogP contribution < -0.4 is 9.64 Å². The molecule has 0 unspecified atom stereocenters. The van der Waals surface area contributed by atoms with Crippen LogP contribution in [0.25, 0.3) is 0 Å². The van der Waals surface area contributed by atoms with Crippen LogP contribution in [0.2, 0.25) is 0 Å². The van der Waals surface area contributed by atoms with Gasteiger partial charge in [0.2, 0.25) is 17.7 Å². The van der Waals surface area contributed by atoms with Gasteiger partial charge in [-0.1, -0.05) is 20.8 Å². The molecule has 0 radical (unpaired) electrons. The number of amides is 1. The Morgan fingerprint density at radius 3 is 2.56 bits per heavy atom. The van der Waals surface area contributed by atoms with Crippen LogP contribution >= 0.6 is 0 Å². The van der Waals surface area contributed by atoms with Crippen LogP contribution in [0.15, 0.2) is 18.2 Å². The van der Waals surface area contributed by atoms with Gasteiger partial charge in [0.1, 0.15) is 5.75 Å². The molecule has 3 heterocycles. The maximum Gasteiger partial charge on any atom is 0.229 e. The molecule has 2 aliphatic rings. The third-order valence-corrected chi connectivity index (χ3v) is 5.44. The second-order valence-corrected chi connectivity index (χ2v) is 9.33. The molecule has 0 N–H and O–H groups in total. The second kappa shape index (κ2) is 8.97. The van der Waals surface area contributed by atoms with Crippen molar-refractivity contribution in [1.82, 2.24) is 14.9 Å². The van der Waals surface area contributed by atoms with Crippen LogP contribution in [0.3, 0.4) is 0 Å². The first kappa shape index (κ1) is 22.4. The van der Waals surface area contributed by atoms with Crippen molar-refractivity contribution in [2.75, 3.05) is 37.7 Å². The van der Waals surface area contributed by atoms with E-state index in [2.05, 4.69) is 4.98 Å². The van der Waals surface area contributed by atoms with Crippen LogP contribution in [-0.4, -0.2) is 53.6 Å². The summed E-state index contributed by atoms with van der Waals surface area (Å²) in [5, 5.41) is 0. The Balaban J connectivity index is 1.67. The molecule has 9 heteroatoms. The van der Waals surface area contributed by atoms with Gasteiger partial charge in [0.15, 0.2) is 11.6 Å². The third kappa shape index (κ3) is 5.15. The smallest absolute Gasteiger partial charge is 0.229 e. The molecule has 0 spiro atoms. The molecule has 1 aromatic carbocycles. The van der Waals surface area contributed by atoms with E-state index in [-0.39, 0.29) is 23.0 Å². The zero-order valence-electron chi connectivity index (χ0n) is 18.7. The minimum absolute atomic E-state index is 0.0548. The van der Waals surface area contributed by atoms with Gasteiger partial charge in [-0.3, -0.25) is 4.79 Å². The van der Waals surface area contributed by atoms with Gasteiger partial charge >= 0.3 is 0 Å². The lowest BCUT2D eigenvalue weighted by molar-refractivity contribution is -0.134. The number of fused-ring (bicyclic) bond motifs is 1. The molecule has 1 amide bonds. The molecule has 0 bridgehead atoms. The molecule has 7 nitrogen and oxygen atoms in total. The molecule has 0 atom stereocenters. The van der Waals surface area contributed by atoms with Crippen LogP contribution in [0, 0.1) is 17.0 Å². The first-order valence-corrected chi connectivity index (χ1v) is 10.8. The Hall–Kier alpha value is -2.81. The van der Waals surface area contributed by atoms with E-state index in [1.54, 1.807) is 4.90 Å². The molecule has 0 aliphatic carbocycles. The standard InChI is InChI=1S/C23H28F2N4O3/c1-23(2,3)13-20(30)29-7-6-19-16(14-29)21(32-15-4-5-17(24)18(25)12-15)27-22(26-19)28-8-10-31-11-9-28/h4-5,12H,6-11,13-14H2,1-3H3. The van der Waals surface area contributed by atoms with Crippen molar-refractivity contribution in [1.29, 1.82) is 0 Å². The topological polar surface area (TPSA) is 67.8 Å². The first-order valence-electron chi connectivity index (χ1n) is 10.8. The van der Waals surface area contributed by atoms with Gasteiger partial charge in [0.05, 0.1) is 31.0 Å². The van der Waals surface area contributed by atoms with E-state index in [0.717, 1.165) is 17.8 Å². The number of nitrogens with zero attached hydrogens (tertiary/aromatic N) is 4. The highest BCUT2D eigenvalue weighted by molar-refractivity contribution is 5.77. The van der Waals surface area contributed by atoms with Crippen molar-refractivity contribution in [3.8, 4) is 11.6 Å². The Morgan fingerprint density at radius 2 is 1.88 bits per heavy atom. The molecule has 1 aromatic heterocycles. The average molecular weight is 446 g/mol. The maximum atomic E-state index is 13.8. The summed E-state index contributed by atoms with van der Waals surface area (Å²) in [5.41, 5.74) is 1.37. The average Bonchev–Trinajstić information content (AvgIpc) is 2.75. The van der Waals surface area contributed by atoms with Crippen molar-refractivity contribution in [2.45, 2.75) is 40.2 Å². The lowest BCUT2D eigenvalue weighted by atomic mass is 9.91. The van der Waals surface area contributed by atoms with E-state index in [0.29, 0.717) is 63.7 Å². The van der Waals surface area contributed by atoms with Crippen molar-refractivity contribution in [2.24, 2.45) is 5.41 Å². The molecular weight excluding hydrogens is 418 g/mol. The molecular formula is C23H28F2N4O3. The predicted octanol–water partition coefficient (Wildman–Crippen LogP) is 3.70. The van der Waals surface area contributed by atoms with Crippen molar-refractivity contribution in [3.63, 3.8) is 0 Å². The monoisotopic (exact) mass is 446 g/mol. The van der Waals surface area contributed by atoms with Crippen LogP contribution in [-0.2, 0) is 22.5 Å². The highest BCUT2D eigenvalue weighted by atomic mass is 19.2. The summed E-state index contributed by atoms with van der Waals surface area (Å²) in [6.07, 6.45) is 0.994. The molecule has 2 aliphatic heterocycles. The number of carbonyl (C=O) groups excluding carboxylic acids is 1. The number of benzene rings is 1. The molecule has 4 rings (SSSR count). The third-order valence-electron chi connectivity index (χ3n) is 5.44. The van der Waals surface area contributed by atoms with Crippen LogP contribution in [0.4, 0.5) is 14.7 Å². The molecule has 32 heavy (non-hydrogen) atoms. The summed E-state index contributed by atoms with van der Waals surface area (Å²) in [4.78, 5) is 26.0. The van der Waals surface area contributed by atoms with Crippen LogP contribution in [0.5, 0.6) is 11.6 Å². The predicted molar refractivity (Wildman–Crippen MR) is 115 cm³/mol. The fraction of sp³-hybridized carbons (Fsp3) is 0.522. The largest absolute Gasteiger partial charge is 0.438 e. The van der Waals surface area contributed by atoms with Gasteiger partial charge in [-0.25, -0.2) is 13.8 Å². The summed E-state index contributed by atoms with van der Waals surface area (Å²) in [6.45, 7) is 9.41. The highest BCUT2D eigenvalue weighted by Gasteiger charge is 2.30. The number of morpholine rings is 1. The zero-order valence-corrected chi connectivity index (χ0v) is 18.7. The Kier molecular flexibility index (Phi) is 6.28. The summed E-state index contributed by atoms with van der Waals surface area (Å²) < 4.78 is 38.5. The fourth-order valence-corrected chi connectivity index (χ4v) is 3.79.